The number of carbonyl (C=O) groups excluding carboxylic acids is 2. The van der Waals surface area contributed by atoms with Gasteiger partial charge < -0.3 is 28.7 Å². The monoisotopic (exact) mass is 760 g/mol. The normalized spacial score (nSPS) is 18.1. The van der Waals surface area contributed by atoms with Gasteiger partial charge in [-0.1, -0.05) is 36.4 Å². The summed E-state index contributed by atoms with van der Waals surface area (Å²) in [6.07, 6.45) is 8.04. The number of hydrogen-bond acceptors (Lipinski definition) is 9. The van der Waals surface area contributed by atoms with Crippen LogP contribution in [-0.2, 0) is 12.8 Å². The summed E-state index contributed by atoms with van der Waals surface area (Å²) in [7, 11) is 3.21. The summed E-state index contributed by atoms with van der Waals surface area (Å²) < 4.78 is 24.0. The number of hydrogen-bond donors (Lipinski definition) is 0. The van der Waals surface area contributed by atoms with Crippen LogP contribution in [0.2, 0.25) is 0 Å². The molecule has 4 heterocycles. The lowest BCUT2D eigenvalue weighted by Crippen LogP contribution is -2.45. The average Bonchev–Trinajstić information content (AvgIpc) is 3.69. The van der Waals surface area contributed by atoms with Crippen molar-refractivity contribution in [1.29, 1.82) is 0 Å². The van der Waals surface area contributed by atoms with Crippen molar-refractivity contribution in [2.45, 2.75) is 62.8 Å². The minimum atomic E-state index is -0.120. The SMILES string of the molecule is COc1cc2c(cc1OCCCCCOc1cc3c(cc1OC)C(=O)N1c4ccccc4C[C@H]1CN3CC(C)(C)SC)N=C[C@@H]1Cc3ccccc3N1C2=O. The molecule has 0 unspecified atom stereocenters. The van der Waals surface area contributed by atoms with Crippen LogP contribution < -0.4 is 33.6 Å². The molecule has 8 rings (SSSR count). The van der Waals surface area contributed by atoms with Crippen LogP contribution in [0.25, 0.3) is 0 Å². The molecule has 0 aromatic heterocycles. The van der Waals surface area contributed by atoms with Crippen LogP contribution in [0.4, 0.5) is 22.7 Å². The number of para-hydroxylation sites is 2. The first kappa shape index (κ1) is 36.8. The molecule has 0 aliphatic carbocycles. The van der Waals surface area contributed by atoms with Gasteiger partial charge in [0, 0.05) is 54.0 Å². The topological polar surface area (TPSA) is 93.1 Å². The van der Waals surface area contributed by atoms with Crippen LogP contribution >= 0.6 is 11.8 Å². The van der Waals surface area contributed by atoms with Crippen molar-refractivity contribution in [3.63, 3.8) is 0 Å². The van der Waals surface area contributed by atoms with Gasteiger partial charge in [0.2, 0.25) is 0 Å². The Kier molecular flexibility index (Phi) is 10.1. The Morgan fingerprint density at radius 2 is 1.33 bits per heavy atom. The Morgan fingerprint density at radius 3 is 2.00 bits per heavy atom. The lowest BCUT2D eigenvalue weighted by atomic mass is 10.1. The molecule has 4 aromatic carbocycles. The van der Waals surface area contributed by atoms with Crippen molar-refractivity contribution < 1.29 is 28.5 Å². The van der Waals surface area contributed by atoms with E-state index < -0.39 is 0 Å². The Hall–Kier alpha value is -5.16. The first-order valence-electron chi connectivity index (χ1n) is 19.1. The largest absolute Gasteiger partial charge is 0.493 e. The Morgan fingerprint density at radius 1 is 0.727 bits per heavy atom. The van der Waals surface area contributed by atoms with Crippen LogP contribution in [0.5, 0.6) is 23.0 Å². The molecule has 11 heteroatoms. The van der Waals surface area contributed by atoms with Gasteiger partial charge in [0.05, 0.1) is 62.0 Å². The first-order valence-corrected chi connectivity index (χ1v) is 20.3. The fourth-order valence-corrected chi connectivity index (χ4v) is 8.51. The highest BCUT2D eigenvalue weighted by molar-refractivity contribution is 7.99. The van der Waals surface area contributed by atoms with E-state index in [0.29, 0.717) is 53.0 Å². The summed E-state index contributed by atoms with van der Waals surface area (Å²) in [5.74, 6) is 2.15. The van der Waals surface area contributed by atoms with E-state index in [9.17, 15) is 9.59 Å². The second-order valence-corrected chi connectivity index (χ2v) is 16.7. The number of benzene rings is 4. The number of fused-ring (bicyclic) bond motifs is 8. The minimum absolute atomic E-state index is 0.00474. The lowest BCUT2D eigenvalue weighted by molar-refractivity contribution is 0.0976. The van der Waals surface area contributed by atoms with E-state index in [4.69, 9.17) is 23.9 Å². The fourth-order valence-electron chi connectivity index (χ4n) is 8.23. The number of nitrogens with zero attached hydrogens (tertiary/aromatic N) is 4. The maximum atomic E-state index is 14.3. The second kappa shape index (κ2) is 15.2. The van der Waals surface area contributed by atoms with Gasteiger partial charge in [-0.15, -0.1) is 0 Å². The van der Waals surface area contributed by atoms with Crippen molar-refractivity contribution >= 4 is 52.5 Å². The summed E-state index contributed by atoms with van der Waals surface area (Å²) in [6, 6.07) is 23.6. The third kappa shape index (κ3) is 6.99. The summed E-state index contributed by atoms with van der Waals surface area (Å²) in [6.45, 7) is 6.97. The van der Waals surface area contributed by atoms with Crippen molar-refractivity contribution in [1.82, 2.24) is 0 Å². The molecule has 4 aromatic rings. The van der Waals surface area contributed by atoms with E-state index in [0.717, 1.165) is 67.8 Å². The highest BCUT2D eigenvalue weighted by Crippen LogP contribution is 2.44. The molecule has 0 saturated carbocycles. The molecule has 10 nitrogen and oxygen atoms in total. The third-order valence-electron chi connectivity index (χ3n) is 11.1. The van der Waals surface area contributed by atoms with E-state index in [1.165, 1.54) is 5.56 Å². The van der Waals surface area contributed by atoms with E-state index in [2.05, 4.69) is 43.2 Å². The van der Waals surface area contributed by atoms with E-state index >= 15 is 0 Å². The van der Waals surface area contributed by atoms with Crippen LogP contribution in [0, 0.1) is 0 Å². The van der Waals surface area contributed by atoms with Crippen LogP contribution in [-0.4, -0.2) is 81.6 Å². The van der Waals surface area contributed by atoms with E-state index in [-0.39, 0.29) is 28.6 Å². The van der Waals surface area contributed by atoms with Crippen molar-refractivity contribution in [2.24, 2.45) is 4.99 Å². The van der Waals surface area contributed by atoms with Gasteiger partial charge in [0.15, 0.2) is 23.0 Å². The standard InChI is InChI=1S/C44H48N4O6S/c1-44(2,55-5)27-46-26-31-20-29-14-8-10-16-36(29)48(31)43(50)33-22-39(52-4)41(24-37(33)46)54-18-12-6-11-17-53-40-23-34-32(21-38(40)51-3)42(49)47-30(25-45-34)19-28-13-7-9-15-35(28)47/h7-10,13-16,21-25,30-31H,6,11-12,17-20,26-27H2,1-5H3/t30-,31-/m0/s1. The molecular weight excluding hydrogens is 713 g/mol. The highest BCUT2D eigenvalue weighted by Gasteiger charge is 2.41. The van der Waals surface area contributed by atoms with Gasteiger partial charge in [-0.25, -0.2) is 0 Å². The molecule has 0 saturated heterocycles. The van der Waals surface area contributed by atoms with Crippen molar-refractivity contribution in [2.75, 3.05) is 61.5 Å². The van der Waals surface area contributed by atoms with Crippen LogP contribution in [0.15, 0.2) is 77.8 Å². The zero-order valence-electron chi connectivity index (χ0n) is 32.2. The first-order chi connectivity index (χ1) is 26.7. The molecule has 286 valence electrons. The summed E-state index contributed by atoms with van der Waals surface area (Å²) in [5, 5.41) is 0. The maximum Gasteiger partial charge on any atom is 0.261 e. The number of amides is 2. The molecule has 0 spiro atoms. The number of carbonyl (C=O) groups is 2. The van der Waals surface area contributed by atoms with E-state index in [1.807, 2.05) is 76.3 Å². The summed E-state index contributed by atoms with van der Waals surface area (Å²) in [5.41, 5.74) is 6.87. The smallest absolute Gasteiger partial charge is 0.261 e. The van der Waals surface area contributed by atoms with Gasteiger partial charge in [-0.2, -0.15) is 11.8 Å². The predicted octanol–water partition coefficient (Wildman–Crippen LogP) is 8.15. The molecule has 55 heavy (non-hydrogen) atoms. The summed E-state index contributed by atoms with van der Waals surface area (Å²) >= 11 is 1.82. The number of aliphatic imine (C=N–C) groups is 1. The molecule has 4 aliphatic rings. The number of rotatable bonds is 13. The molecule has 0 bridgehead atoms. The van der Waals surface area contributed by atoms with Crippen molar-refractivity contribution in [3.8, 4) is 23.0 Å². The molecule has 2 atom stereocenters. The molecule has 0 radical (unpaired) electrons. The second-order valence-electron chi connectivity index (χ2n) is 15.2. The van der Waals surface area contributed by atoms with Crippen LogP contribution in [0.3, 0.4) is 0 Å². The molecule has 0 fully saturated rings. The van der Waals surface area contributed by atoms with E-state index in [1.54, 1.807) is 20.3 Å². The van der Waals surface area contributed by atoms with Gasteiger partial charge in [0.1, 0.15) is 0 Å². The fraction of sp³-hybridized carbons (Fsp3) is 0.386. The Labute approximate surface area is 327 Å². The van der Waals surface area contributed by atoms with Gasteiger partial charge in [-0.05, 0) is 81.2 Å². The average molecular weight is 761 g/mol. The number of unbranched alkanes of at least 4 members (excludes halogenated alkanes) is 2. The lowest BCUT2D eigenvalue weighted by Gasteiger charge is -2.34. The molecular formula is C44H48N4O6S. The van der Waals surface area contributed by atoms with Gasteiger partial charge >= 0.3 is 0 Å². The predicted molar refractivity (Wildman–Crippen MR) is 220 cm³/mol. The zero-order chi connectivity index (χ0) is 38.3. The quantitative estimate of drug-likeness (QED) is 0.126. The molecule has 0 N–H and O–H groups in total. The summed E-state index contributed by atoms with van der Waals surface area (Å²) in [4.78, 5) is 38.9. The Bertz CT molecular complexity index is 2150. The third-order valence-corrected chi connectivity index (χ3v) is 12.4. The number of anilines is 3. The number of thioether (sulfide) groups is 1. The van der Waals surface area contributed by atoms with Crippen LogP contribution in [0.1, 0.15) is 65.0 Å². The van der Waals surface area contributed by atoms with Gasteiger partial charge in [0.25, 0.3) is 11.8 Å². The Balaban J connectivity index is 0.914. The number of ether oxygens (including phenoxy) is 4. The maximum absolute atomic E-state index is 14.3. The van der Waals surface area contributed by atoms with Crippen molar-refractivity contribution in [3.05, 3.63) is 95.1 Å². The number of methoxy groups -OCH3 is 2. The molecule has 2 amide bonds. The zero-order valence-corrected chi connectivity index (χ0v) is 33.0. The molecule has 4 aliphatic heterocycles. The minimum Gasteiger partial charge on any atom is -0.493 e. The van der Waals surface area contributed by atoms with Gasteiger partial charge in [-0.3, -0.25) is 19.5 Å². The highest BCUT2D eigenvalue weighted by atomic mass is 32.2.